The van der Waals surface area contributed by atoms with Gasteiger partial charge in [0.2, 0.25) is 0 Å². The molecule has 1 unspecified atom stereocenters. The smallest absolute Gasteiger partial charge is 0.255 e. The van der Waals surface area contributed by atoms with E-state index in [9.17, 15) is 4.79 Å². The molecule has 152 valence electrons. The van der Waals surface area contributed by atoms with Crippen LogP contribution in [0.15, 0.2) is 29.3 Å². The Kier molecular flexibility index (Phi) is 11.1. The van der Waals surface area contributed by atoms with Crippen LogP contribution in [0, 0.1) is 5.92 Å². The Morgan fingerprint density at radius 2 is 2.15 bits per heavy atom. The van der Waals surface area contributed by atoms with Gasteiger partial charge in [0.05, 0.1) is 6.61 Å². The highest BCUT2D eigenvalue weighted by Crippen LogP contribution is 2.14. The Hall–Kier alpha value is -1.55. The predicted molar refractivity (Wildman–Crippen MR) is 118 cm³/mol. The lowest BCUT2D eigenvalue weighted by molar-refractivity contribution is -0.119. The van der Waals surface area contributed by atoms with E-state index in [1.807, 2.05) is 24.3 Å². The fourth-order valence-corrected chi connectivity index (χ4v) is 2.87. The first-order valence-corrected chi connectivity index (χ1v) is 9.15. The number of guanidine groups is 1. The summed E-state index contributed by atoms with van der Waals surface area (Å²) in [7, 11) is 2.07. The van der Waals surface area contributed by atoms with Crippen LogP contribution in [-0.4, -0.2) is 63.3 Å². The highest BCUT2D eigenvalue weighted by molar-refractivity contribution is 14.0. The summed E-state index contributed by atoms with van der Waals surface area (Å²) >= 11 is 0. The van der Waals surface area contributed by atoms with Gasteiger partial charge in [0, 0.05) is 39.2 Å². The van der Waals surface area contributed by atoms with Gasteiger partial charge >= 0.3 is 0 Å². The van der Waals surface area contributed by atoms with Gasteiger partial charge in [-0.3, -0.25) is 9.79 Å². The summed E-state index contributed by atoms with van der Waals surface area (Å²) in [6.45, 7) is 6.18. The van der Waals surface area contributed by atoms with Crippen LogP contribution in [0.25, 0.3) is 0 Å². The molecule has 1 fully saturated rings. The van der Waals surface area contributed by atoms with Gasteiger partial charge in [-0.1, -0.05) is 12.1 Å². The van der Waals surface area contributed by atoms with Crippen LogP contribution < -0.4 is 15.8 Å². The minimum Gasteiger partial charge on any atom is -0.484 e. The van der Waals surface area contributed by atoms with Crippen molar-refractivity contribution in [3.05, 3.63) is 29.8 Å². The third-order valence-corrected chi connectivity index (χ3v) is 4.22. The van der Waals surface area contributed by atoms with E-state index in [4.69, 9.17) is 20.2 Å². The van der Waals surface area contributed by atoms with Crippen LogP contribution in [0.5, 0.6) is 5.75 Å². The number of halogens is 1. The molecular weight excluding hydrogens is 459 g/mol. The number of ether oxygens (including phenoxy) is 2. The highest BCUT2D eigenvalue weighted by atomic mass is 127. The van der Waals surface area contributed by atoms with Crippen LogP contribution >= 0.6 is 24.0 Å². The number of carbonyl (C=O) groups is 1. The topological polar surface area (TPSA) is 89.2 Å². The molecule has 0 saturated carbocycles. The zero-order chi connectivity index (χ0) is 18.8. The lowest BCUT2D eigenvalue weighted by atomic mass is 10.1. The van der Waals surface area contributed by atoms with Crippen molar-refractivity contribution in [2.75, 3.05) is 46.5 Å². The first kappa shape index (κ1) is 23.5. The van der Waals surface area contributed by atoms with E-state index in [2.05, 4.69) is 24.2 Å². The van der Waals surface area contributed by atoms with E-state index in [0.717, 1.165) is 45.1 Å². The molecule has 1 aromatic carbocycles. The van der Waals surface area contributed by atoms with E-state index in [-0.39, 0.29) is 30.6 Å². The molecule has 1 atom stereocenters. The van der Waals surface area contributed by atoms with Gasteiger partial charge in [0.15, 0.2) is 12.6 Å². The van der Waals surface area contributed by atoms with Crippen molar-refractivity contribution < 1.29 is 14.3 Å². The monoisotopic (exact) mass is 490 g/mol. The number of carbonyl (C=O) groups excluding carboxylic acids is 1. The second-order valence-corrected chi connectivity index (χ2v) is 6.49. The second kappa shape index (κ2) is 12.8. The van der Waals surface area contributed by atoms with Crippen molar-refractivity contribution in [3.8, 4) is 5.75 Å². The van der Waals surface area contributed by atoms with Crippen LogP contribution in [0.4, 0.5) is 0 Å². The molecule has 1 amide bonds. The van der Waals surface area contributed by atoms with Gasteiger partial charge in [0.1, 0.15) is 5.75 Å². The van der Waals surface area contributed by atoms with E-state index in [1.54, 1.807) is 0 Å². The number of hydrogen-bond donors (Lipinski definition) is 2. The Morgan fingerprint density at radius 3 is 2.74 bits per heavy atom. The second-order valence-electron chi connectivity index (χ2n) is 6.49. The number of aliphatic imine (C=N–C) groups is 1. The molecule has 1 saturated heterocycles. The third-order valence-electron chi connectivity index (χ3n) is 4.22. The average molecular weight is 490 g/mol. The summed E-state index contributed by atoms with van der Waals surface area (Å²) in [6.07, 6.45) is 1.96. The van der Waals surface area contributed by atoms with E-state index < -0.39 is 5.91 Å². The van der Waals surface area contributed by atoms with Crippen molar-refractivity contribution in [1.82, 2.24) is 10.2 Å². The number of benzene rings is 1. The third kappa shape index (κ3) is 8.79. The molecule has 0 spiro atoms. The molecule has 7 nitrogen and oxygen atoms in total. The maximum atomic E-state index is 10.7. The minimum atomic E-state index is -0.479. The number of amides is 1. The fourth-order valence-electron chi connectivity index (χ4n) is 2.87. The Balaban J connectivity index is 0.00000364. The summed E-state index contributed by atoms with van der Waals surface area (Å²) in [5.41, 5.74) is 6.24. The first-order chi connectivity index (χ1) is 12.6. The number of nitrogens with zero attached hydrogens (tertiary/aromatic N) is 2. The van der Waals surface area contributed by atoms with Crippen LogP contribution in [0.3, 0.4) is 0 Å². The Morgan fingerprint density at radius 1 is 1.41 bits per heavy atom. The van der Waals surface area contributed by atoms with Gasteiger partial charge in [-0.15, -0.1) is 24.0 Å². The van der Waals surface area contributed by atoms with E-state index in [0.29, 0.717) is 18.2 Å². The zero-order valence-corrected chi connectivity index (χ0v) is 18.5. The lowest BCUT2D eigenvalue weighted by Gasteiger charge is -2.24. The van der Waals surface area contributed by atoms with Crippen molar-refractivity contribution in [1.29, 1.82) is 0 Å². The van der Waals surface area contributed by atoms with Crippen molar-refractivity contribution in [2.24, 2.45) is 16.6 Å². The van der Waals surface area contributed by atoms with Gasteiger partial charge in [0.25, 0.3) is 5.91 Å². The van der Waals surface area contributed by atoms with Crippen molar-refractivity contribution in [3.63, 3.8) is 0 Å². The van der Waals surface area contributed by atoms with Crippen LogP contribution in [-0.2, 0) is 16.0 Å². The summed E-state index contributed by atoms with van der Waals surface area (Å²) in [5.74, 6) is 1.67. The standard InChI is InChI=1S/C19H30N4O3.HI/c1-3-21-19(23(2)12-16-9-11-25-13-16)22-10-8-15-4-6-17(7-5-15)26-14-18(20)24;/h4-7,16H,3,8-14H2,1-2H3,(H2,20,24)(H,21,22);1H. The normalized spacial score (nSPS) is 16.5. The molecule has 1 aromatic rings. The SMILES string of the molecule is CCNC(=NCCc1ccc(OCC(N)=O)cc1)N(C)CC1CCOC1.I. The number of nitrogens with one attached hydrogen (secondary N) is 1. The van der Waals surface area contributed by atoms with Gasteiger partial charge in [-0.2, -0.15) is 0 Å². The summed E-state index contributed by atoms with van der Waals surface area (Å²) in [4.78, 5) is 17.6. The fraction of sp³-hybridized carbons (Fsp3) is 0.579. The van der Waals surface area contributed by atoms with Gasteiger partial charge in [-0.25, -0.2) is 0 Å². The van der Waals surface area contributed by atoms with E-state index >= 15 is 0 Å². The molecule has 1 heterocycles. The molecule has 0 aliphatic carbocycles. The quantitative estimate of drug-likeness (QED) is 0.312. The molecule has 3 N–H and O–H groups in total. The largest absolute Gasteiger partial charge is 0.484 e. The molecule has 8 heteroatoms. The molecule has 27 heavy (non-hydrogen) atoms. The van der Waals surface area contributed by atoms with Gasteiger partial charge in [-0.05, 0) is 37.5 Å². The number of nitrogens with two attached hydrogens (primary N) is 1. The Bertz CT molecular complexity index is 589. The number of rotatable bonds is 9. The molecule has 1 aliphatic rings. The van der Waals surface area contributed by atoms with Crippen molar-refractivity contribution >= 4 is 35.8 Å². The average Bonchev–Trinajstić information content (AvgIpc) is 3.13. The number of primary amides is 1. The minimum absolute atomic E-state index is 0. The Labute approximate surface area is 178 Å². The van der Waals surface area contributed by atoms with Crippen LogP contribution in [0.1, 0.15) is 18.9 Å². The van der Waals surface area contributed by atoms with Crippen molar-refractivity contribution in [2.45, 2.75) is 19.8 Å². The first-order valence-electron chi connectivity index (χ1n) is 9.15. The molecule has 0 bridgehead atoms. The molecule has 1 aliphatic heterocycles. The molecular formula is C19H31IN4O3. The van der Waals surface area contributed by atoms with Gasteiger partial charge < -0.3 is 25.4 Å². The summed E-state index contributed by atoms with van der Waals surface area (Å²) in [6, 6.07) is 7.66. The van der Waals surface area contributed by atoms with E-state index in [1.165, 1.54) is 5.56 Å². The number of hydrogen-bond acceptors (Lipinski definition) is 4. The lowest BCUT2D eigenvalue weighted by Crippen LogP contribution is -2.41. The summed E-state index contributed by atoms with van der Waals surface area (Å²) < 4.78 is 10.7. The summed E-state index contributed by atoms with van der Waals surface area (Å²) in [5, 5.41) is 3.35. The zero-order valence-electron chi connectivity index (χ0n) is 16.1. The molecule has 0 radical (unpaired) electrons. The predicted octanol–water partition coefficient (Wildman–Crippen LogP) is 1.64. The highest BCUT2D eigenvalue weighted by Gasteiger charge is 2.18. The maximum Gasteiger partial charge on any atom is 0.255 e. The van der Waals surface area contributed by atoms with Crippen LogP contribution in [0.2, 0.25) is 0 Å². The molecule has 0 aromatic heterocycles. The molecule has 2 rings (SSSR count). The maximum absolute atomic E-state index is 10.7.